The van der Waals surface area contributed by atoms with Crippen LogP contribution in [0.1, 0.15) is 28.8 Å². The van der Waals surface area contributed by atoms with E-state index in [1.54, 1.807) is 12.1 Å². The van der Waals surface area contributed by atoms with Gasteiger partial charge in [-0.05, 0) is 42.7 Å². The van der Waals surface area contributed by atoms with Crippen molar-refractivity contribution in [3.63, 3.8) is 0 Å². The van der Waals surface area contributed by atoms with Crippen molar-refractivity contribution in [1.29, 1.82) is 0 Å². The van der Waals surface area contributed by atoms with E-state index in [4.69, 9.17) is 11.6 Å². The Hall–Kier alpha value is -1.94. The molecule has 0 unspecified atom stereocenters. The molecule has 0 atom stereocenters. The summed E-state index contributed by atoms with van der Waals surface area (Å²) in [7, 11) is 0. The van der Waals surface area contributed by atoms with Crippen LogP contribution in [0.3, 0.4) is 0 Å². The van der Waals surface area contributed by atoms with Crippen molar-refractivity contribution in [1.82, 2.24) is 5.32 Å². The summed E-state index contributed by atoms with van der Waals surface area (Å²) in [6.07, 6.45) is 1.81. The summed E-state index contributed by atoms with van der Waals surface area (Å²) < 4.78 is 26.7. The average Bonchev–Trinajstić information content (AvgIpc) is 3.27. The van der Waals surface area contributed by atoms with Gasteiger partial charge in [0, 0.05) is 12.0 Å². The average molecular weight is 322 g/mol. The Kier molecular flexibility index (Phi) is 3.87. The molecule has 0 bridgehead atoms. The molecule has 2 aromatic carbocycles. The highest BCUT2D eigenvalue weighted by Gasteiger charge is 2.44. The van der Waals surface area contributed by atoms with Crippen molar-refractivity contribution in [2.45, 2.75) is 18.3 Å². The molecule has 0 aliphatic heterocycles. The number of carbonyl (C=O) groups excluding carboxylic acids is 1. The first-order chi connectivity index (χ1) is 10.5. The van der Waals surface area contributed by atoms with Crippen LogP contribution in [-0.2, 0) is 5.41 Å². The Morgan fingerprint density at radius 1 is 1.14 bits per heavy atom. The first kappa shape index (κ1) is 15.0. The van der Waals surface area contributed by atoms with Crippen LogP contribution in [0.25, 0.3) is 0 Å². The molecule has 1 N–H and O–H groups in total. The number of benzene rings is 2. The second-order valence-corrected chi connectivity index (χ2v) is 5.97. The van der Waals surface area contributed by atoms with Gasteiger partial charge < -0.3 is 5.32 Å². The minimum Gasteiger partial charge on any atom is -0.351 e. The highest BCUT2D eigenvalue weighted by molar-refractivity contribution is 6.33. The summed E-state index contributed by atoms with van der Waals surface area (Å²) in [5, 5.41) is 2.83. The molecular formula is C17H14ClF2NO. The molecule has 3 rings (SSSR count). The molecule has 0 heterocycles. The number of amides is 1. The topological polar surface area (TPSA) is 29.1 Å². The first-order valence-electron chi connectivity index (χ1n) is 7.00. The lowest BCUT2D eigenvalue weighted by atomic mass is 9.96. The molecule has 0 radical (unpaired) electrons. The maximum atomic E-state index is 13.7. The van der Waals surface area contributed by atoms with Gasteiger partial charge >= 0.3 is 0 Å². The summed E-state index contributed by atoms with van der Waals surface area (Å²) in [5.74, 6) is -1.46. The third kappa shape index (κ3) is 2.83. The Bertz CT molecular complexity index is 691. The number of hydrogen-bond acceptors (Lipinski definition) is 1. The van der Waals surface area contributed by atoms with Gasteiger partial charge in [-0.15, -0.1) is 0 Å². The van der Waals surface area contributed by atoms with Gasteiger partial charge in [0.2, 0.25) is 0 Å². The molecule has 0 aromatic heterocycles. The Morgan fingerprint density at radius 2 is 1.82 bits per heavy atom. The SMILES string of the molecule is O=C(NCC1(c2ccc(F)cc2)CC1)c1c(F)cccc1Cl. The molecule has 1 aliphatic carbocycles. The summed E-state index contributed by atoms with van der Waals surface area (Å²) >= 11 is 5.88. The largest absolute Gasteiger partial charge is 0.351 e. The van der Waals surface area contributed by atoms with Crippen molar-refractivity contribution in [3.05, 3.63) is 70.2 Å². The Labute approximate surface area is 132 Å². The van der Waals surface area contributed by atoms with Crippen LogP contribution < -0.4 is 5.32 Å². The molecule has 0 spiro atoms. The van der Waals surface area contributed by atoms with Gasteiger partial charge in [0.05, 0.1) is 10.6 Å². The predicted octanol–water partition coefficient (Wildman–Crippen LogP) is 4.08. The third-order valence-corrected chi connectivity index (χ3v) is 4.40. The van der Waals surface area contributed by atoms with E-state index < -0.39 is 11.7 Å². The van der Waals surface area contributed by atoms with Gasteiger partial charge in [-0.1, -0.05) is 29.8 Å². The van der Waals surface area contributed by atoms with Crippen molar-refractivity contribution >= 4 is 17.5 Å². The Morgan fingerprint density at radius 3 is 2.41 bits per heavy atom. The fraction of sp³-hybridized carbons (Fsp3) is 0.235. The van der Waals surface area contributed by atoms with Gasteiger partial charge in [0.25, 0.3) is 5.91 Å². The molecular weight excluding hydrogens is 308 g/mol. The molecule has 1 fully saturated rings. The zero-order valence-electron chi connectivity index (χ0n) is 11.7. The first-order valence-corrected chi connectivity index (χ1v) is 7.38. The maximum absolute atomic E-state index is 13.7. The lowest BCUT2D eigenvalue weighted by Gasteiger charge is -2.17. The number of halogens is 3. The summed E-state index contributed by atoms with van der Waals surface area (Å²) in [4.78, 5) is 12.2. The summed E-state index contributed by atoms with van der Waals surface area (Å²) in [6.45, 7) is 0.377. The number of rotatable bonds is 4. The van der Waals surface area contributed by atoms with Crippen LogP contribution >= 0.6 is 11.6 Å². The van der Waals surface area contributed by atoms with Gasteiger partial charge in [-0.2, -0.15) is 0 Å². The van der Waals surface area contributed by atoms with Crippen molar-refractivity contribution in [2.24, 2.45) is 0 Å². The maximum Gasteiger partial charge on any atom is 0.255 e. The van der Waals surface area contributed by atoms with Crippen LogP contribution in [0.4, 0.5) is 8.78 Å². The lowest BCUT2D eigenvalue weighted by Crippen LogP contribution is -2.33. The van der Waals surface area contributed by atoms with Crippen molar-refractivity contribution < 1.29 is 13.6 Å². The zero-order valence-corrected chi connectivity index (χ0v) is 12.5. The Balaban J connectivity index is 1.72. The monoisotopic (exact) mass is 321 g/mol. The van der Waals surface area contributed by atoms with Crippen molar-refractivity contribution in [3.8, 4) is 0 Å². The second-order valence-electron chi connectivity index (χ2n) is 5.57. The predicted molar refractivity (Wildman–Crippen MR) is 81.1 cm³/mol. The van der Waals surface area contributed by atoms with E-state index in [1.807, 2.05) is 0 Å². The minimum absolute atomic E-state index is 0.0872. The van der Waals surface area contributed by atoms with Gasteiger partial charge in [0.1, 0.15) is 11.6 Å². The second kappa shape index (κ2) is 5.69. The van der Waals surface area contributed by atoms with E-state index in [1.165, 1.54) is 30.3 Å². The number of nitrogens with one attached hydrogen (secondary N) is 1. The quantitative estimate of drug-likeness (QED) is 0.903. The number of hydrogen-bond donors (Lipinski definition) is 1. The van der Waals surface area contributed by atoms with Crippen LogP contribution in [0, 0.1) is 11.6 Å². The molecule has 2 aromatic rings. The molecule has 114 valence electrons. The normalized spacial score (nSPS) is 15.4. The summed E-state index contributed by atoms with van der Waals surface area (Å²) in [5.41, 5.74) is 0.661. The fourth-order valence-electron chi connectivity index (χ4n) is 2.57. The fourth-order valence-corrected chi connectivity index (χ4v) is 2.82. The van der Waals surface area contributed by atoms with Crippen molar-refractivity contribution in [2.75, 3.05) is 6.54 Å². The smallest absolute Gasteiger partial charge is 0.255 e. The van der Waals surface area contributed by atoms with Gasteiger partial charge in [0.15, 0.2) is 0 Å². The van der Waals surface area contributed by atoms with E-state index >= 15 is 0 Å². The molecule has 2 nitrogen and oxygen atoms in total. The molecule has 1 amide bonds. The van der Waals surface area contributed by atoms with E-state index in [9.17, 15) is 13.6 Å². The molecule has 1 saturated carbocycles. The van der Waals surface area contributed by atoms with Gasteiger partial charge in [-0.25, -0.2) is 8.78 Å². The highest BCUT2D eigenvalue weighted by atomic mass is 35.5. The van der Waals surface area contributed by atoms with Crippen LogP contribution in [0.2, 0.25) is 5.02 Å². The molecule has 0 saturated heterocycles. The molecule has 1 aliphatic rings. The minimum atomic E-state index is -0.642. The van der Waals surface area contributed by atoms with Crippen LogP contribution in [-0.4, -0.2) is 12.5 Å². The molecule has 22 heavy (non-hydrogen) atoms. The third-order valence-electron chi connectivity index (χ3n) is 4.09. The van der Waals surface area contributed by atoms with Crippen LogP contribution in [0.15, 0.2) is 42.5 Å². The zero-order chi connectivity index (χ0) is 15.7. The van der Waals surface area contributed by atoms with E-state index in [0.717, 1.165) is 18.4 Å². The summed E-state index contributed by atoms with van der Waals surface area (Å²) in [6, 6.07) is 10.4. The standard InChI is InChI=1S/C17H14ClF2NO/c18-13-2-1-3-14(20)15(13)16(22)21-10-17(8-9-17)11-4-6-12(19)7-5-11/h1-7H,8-10H2,(H,21,22). The highest BCUT2D eigenvalue weighted by Crippen LogP contribution is 2.47. The van der Waals surface area contributed by atoms with E-state index in [-0.39, 0.29) is 21.8 Å². The van der Waals surface area contributed by atoms with Crippen LogP contribution in [0.5, 0.6) is 0 Å². The molecule has 5 heteroatoms. The number of carbonyl (C=O) groups is 1. The van der Waals surface area contributed by atoms with E-state index in [0.29, 0.717) is 6.54 Å². The lowest BCUT2D eigenvalue weighted by molar-refractivity contribution is 0.0946. The van der Waals surface area contributed by atoms with Gasteiger partial charge in [-0.3, -0.25) is 4.79 Å². The van der Waals surface area contributed by atoms with E-state index in [2.05, 4.69) is 5.32 Å².